The summed E-state index contributed by atoms with van der Waals surface area (Å²) in [6.07, 6.45) is 4.16. The van der Waals surface area contributed by atoms with Gasteiger partial charge in [0.05, 0.1) is 0 Å². The van der Waals surface area contributed by atoms with Crippen LogP contribution in [0.4, 0.5) is 0 Å². The van der Waals surface area contributed by atoms with E-state index in [4.69, 9.17) is 0 Å². The number of rotatable bonds is 5. The number of hydrogen-bond acceptors (Lipinski definition) is 1. The van der Waals surface area contributed by atoms with E-state index in [1.807, 2.05) is 6.20 Å². The molecule has 0 aliphatic rings. The van der Waals surface area contributed by atoms with Crippen LogP contribution >= 0.6 is 15.9 Å². The maximum absolute atomic E-state index is 4.29. The van der Waals surface area contributed by atoms with E-state index >= 15 is 0 Å². The second kappa shape index (κ2) is 5.43. The molecule has 0 aliphatic heterocycles. The van der Waals surface area contributed by atoms with E-state index < -0.39 is 0 Å². The van der Waals surface area contributed by atoms with Crippen molar-refractivity contribution in [3.63, 3.8) is 0 Å². The molecule has 2 nitrogen and oxygen atoms in total. The molecule has 3 heteroatoms. The Morgan fingerprint density at radius 2 is 2.38 bits per heavy atom. The van der Waals surface area contributed by atoms with Gasteiger partial charge in [-0.25, -0.2) is 0 Å². The molecular weight excluding hydrogens is 228 g/mol. The quantitative estimate of drug-likeness (QED) is 0.729. The maximum Gasteiger partial charge on any atom is 0.0492 e. The van der Waals surface area contributed by atoms with Crippen molar-refractivity contribution in [3.8, 4) is 0 Å². The van der Waals surface area contributed by atoms with Crippen LogP contribution in [0.15, 0.2) is 12.3 Å². The minimum atomic E-state index is 0.687. The molecule has 0 amide bonds. The molecule has 1 atom stereocenters. The Balaban J connectivity index is 2.59. The van der Waals surface area contributed by atoms with Gasteiger partial charge in [0.15, 0.2) is 0 Å². The Hall–Kier alpha value is -0.310. The van der Waals surface area contributed by atoms with Crippen molar-refractivity contribution in [2.45, 2.75) is 33.2 Å². The highest BCUT2D eigenvalue weighted by atomic mass is 79.9. The van der Waals surface area contributed by atoms with Crippen LogP contribution in [0.3, 0.4) is 0 Å². The van der Waals surface area contributed by atoms with Crippen molar-refractivity contribution in [1.82, 2.24) is 9.78 Å². The van der Waals surface area contributed by atoms with Crippen LogP contribution in [0.2, 0.25) is 0 Å². The van der Waals surface area contributed by atoms with Gasteiger partial charge in [0.25, 0.3) is 0 Å². The van der Waals surface area contributed by atoms with Crippen molar-refractivity contribution in [2.75, 3.05) is 5.33 Å². The molecule has 13 heavy (non-hydrogen) atoms. The average molecular weight is 245 g/mol. The summed E-state index contributed by atoms with van der Waals surface area (Å²) in [4.78, 5) is 0. The summed E-state index contributed by atoms with van der Waals surface area (Å²) in [5.74, 6) is 0.687. The van der Waals surface area contributed by atoms with E-state index in [0.29, 0.717) is 5.92 Å². The van der Waals surface area contributed by atoms with Gasteiger partial charge < -0.3 is 0 Å². The fourth-order valence-corrected chi connectivity index (χ4v) is 1.59. The van der Waals surface area contributed by atoms with Gasteiger partial charge in [-0.1, -0.05) is 29.8 Å². The summed E-state index contributed by atoms with van der Waals surface area (Å²) in [5, 5.41) is 5.35. The molecule has 0 fully saturated rings. The second-order valence-electron chi connectivity index (χ2n) is 3.51. The first-order chi connectivity index (χ1) is 6.27. The second-order valence-corrected chi connectivity index (χ2v) is 4.16. The highest BCUT2D eigenvalue weighted by Gasteiger charge is 2.06. The van der Waals surface area contributed by atoms with E-state index in [1.54, 1.807) is 0 Å². The zero-order valence-corrected chi connectivity index (χ0v) is 9.92. The Morgan fingerprint density at radius 1 is 1.62 bits per heavy atom. The van der Waals surface area contributed by atoms with Crippen LogP contribution in [-0.4, -0.2) is 15.1 Å². The van der Waals surface area contributed by atoms with Gasteiger partial charge in [0, 0.05) is 23.8 Å². The molecular formula is C10H17BrN2. The van der Waals surface area contributed by atoms with E-state index in [-0.39, 0.29) is 0 Å². The minimum absolute atomic E-state index is 0.687. The number of hydrogen-bond donors (Lipinski definition) is 0. The van der Waals surface area contributed by atoms with E-state index in [2.05, 4.69) is 45.6 Å². The van der Waals surface area contributed by atoms with Crippen LogP contribution in [-0.2, 0) is 13.0 Å². The fraction of sp³-hybridized carbons (Fsp3) is 0.700. The molecule has 1 aromatic rings. The van der Waals surface area contributed by atoms with Crippen LogP contribution in [0, 0.1) is 5.92 Å². The van der Waals surface area contributed by atoms with E-state index in [9.17, 15) is 0 Å². The Labute approximate surface area is 88.5 Å². The van der Waals surface area contributed by atoms with Crippen molar-refractivity contribution in [1.29, 1.82) is 0 Å². The number of aromatic nitrogens is 2. The van der Waals surface area contributed by atoms with Crippen molar-refractivity contribution in [3.05, 3.63) is 18.0 Å². The lowest BCUT2D eigenvalue weighted by molar-refractivity contribution is 0.541. The lowest BCUT2D eigenvalue weighted by Crippen LogP contribution is -2.09. The van der Waals surface area contributed by atoms with E-state index in [0.717, 1.165) is 24.7 Å². The van der Waals surface area contributed by atoms with Gasteiger partial charge in [-0.3, -0.25) is 4.68 Å². The highest BCUT2D eigenvalue weighted by molar-refractivity contribution is 9.09. The monoisotopic (exact) mass is 244 g/mol. The molecule has 0 saturated carbocycles. The minimum Gasteiger partial charge on any atom is -0.270 e. The fourth-order valence-electron chi connectivity index (χ4n) is 1.36. The Kier molecular flexibility index (Phi) is 4.50. The summed E-state index contributed by atoms with van der Waals surface area (Å²) >= 11 is 3.49. The normalized spacial score (nSPS) is 13.2. The summed E-state index contributed by atoms with van der Waals surface area (Å²) in [6.45, 7) is 5.47. The Morgan fingerprint density at radius 3 is 3.00 bits per heavy atom. The predicted molar refractivity (Wildman–Crippen MR) is 59.2 cm³/mol. The Bertz CT molecular complexity index is 245. The first kappa shape index (κ1) is 10.8. The van der Waals surface area contributed by atoms with Gasteiger partial charge in [0.1, 0.15) is 0 Å². The zero-order chi connectivity index (χ0) is 9.68. The molecule has 1 rings (SSSR count). The summed E-state index contributed by atoms with van der Waals surface area (Å²) in [6, 6.07) is 2.12. The van der Waals surface area contributed by atoms with Crippen molar-refractivity contribution >= 4 is 15.9 Å². The van der Waals surface area contributed by atoms with E-state index in [1.165, 1.54) is 5.69 Å². The molecule has 1 aromatic heterocycles. The van der Waals surface area contributed by atoms with Gasteiger partial charge in [0.2, 0.25) is 0 Å². The molecule has 0 saturated heterocycles. The molecule has 74 valence electrons. The number of nitrogens with zero attached hydrogens (tertiary/aromatic N) is 2. The first-order valence-corrected chi connectivity index (χ1v) is 5.96. The van der Waals surface area contributed by atoms with Gasteiger partial charge in [-0.05, 0) is 24.8 Å². The van der Waals surface area contributed by atoms with Gasteiger partial charge >= 0.3 is 0 Å². The number of alkyl halides is 1. The van der Waals surface area contributed by atoms with Crippen LogP contribution in [0.25, 0.3) is 0 Å². The molecule has 1 heterocycles. The first-order valence-electron chi connectivity index (χ1n) is 4.84. The predicted octanol–water partition coefficient (Wildman–Crippen LogP) is 2.87. The van der Waals surface area contributed by atoms with Gasteiger partial charge in [-0.15, -0.1) is 0 Å². The lowest BCUT2D eigenvalue weighted by Gasteiger charge is -2.09. The highest BCUT2D eigenvalue weighted by Crippen LogP contribution is 2.10. The van der Waals surface area contributed by atoms with Crippen molar-refractivity contribution in [2.24, 2.45) is 5.92 Å². The molecule has 0 N–H and O–H groups in total. The summed E-state index contributed by atoms with van der Waals surface area (Å²) < 4.78 is 2.11. The molecule has 0 bridgehead atoms. The van der Waals surface area contributed by atoms with Crippen LogP contribution < -0.4 is 0 Å². The molecule has 1 unspecified atom stereocenters. The van der Waals surface area contributed by atoms with Crippen LogP contribution in [0.1, 0.15) is 26.0 Å². The topological polar surface area (TPSA) is 17.8 Å². The third kappa shape index (κ3) is 3.14. The SMILES string of the molecule is CCCn1nccc1CC(C)CBr. The third-order valence-corrected chi connectivity index (χ3v) is 3.17. The molecule has 0 aromatic carbocycles. The van der Waals surface area contributed by atoms with Crippen LogP contribution in [0.5, 0.6) is 0 Å². The molecule has 0 aliphatic carbocycles. The van der Waals surface area contributed by atoms with Crippen molar-refractivity contribution < 1.29 is 0 Å². The third-order valence-electron chi connectivity index (χ3n) is 2.06. The number of halogens is 1. The zero-order valence-electron chi connectivity index (χ0n) is 8.33. The molecule has 0 radical (unpaired) electrons. The largest absolute Gasteiger partial charge is 0.270 e. The lowest BCUT2D eigenvalue weighted by atomic mass is 10.1. The van der Waals surface area contributed by atoms with Gasteiger partial charge in [-0.2, -0.15) is 5.10 Å². The average Bonchev–Trinajstić information content (AvgIpc) is 2.54. The smallest absolute Gasteiger partial charge is 0.0492 e. The maximum atomic E-state index is 4.29. The molecule has 0 spiro atoms. The summed E-state index contributed by atoms with van der Waals surface area (Å²) in [5.41, 5.74) is 1.36. The summed E-state index contributed by atoms with van der Waals surface area (Å²) in [7, 11) is 0. The standard InChI is InChI=1S/C10H17BrN2/c1-3-6-13-10(4-5-12-13)7-9(2)8-11/h4-5,9H,3,6-8H2,1-2H3. The number of aryl methyl sites for hydroxylation is 1.